The molecule has 0 rings (SSSR count). The summed E-state index contributed by atoms with van der Waals surface area (Å²) < 4.78 is 0. The van der Waals surface area contributed by atoms with Crippen LogP contribution in [0.4, 0.5) is 0 Å². The van der Waals surface area contributed by atoms with Gasteiger partial charge in [0.15, 0.2) is 0 Å². The molecule has 0 aromatic rings. The van der Waals surface area contributed by atoms with Crippen LogP contribution in [0.5, 0.6) is 0 Å². The molecule has 0 aromatic carbocycles. The Hall–Kier alpha value is -0.240. The highest BCUT2D eigenvalue weighted by Gasteiger charge is 2.16. The van der Waals surface area contributed by atoms with Crippen LogP contribution in [0.3, 0.4) is 0 Å². The second-order valence-electron chi connectivity index (χ2n) is 3.21. The van der Waals surface area contributed by atoms with Gasteiger partial charge < -0.3 is 0 Å². The fourth-order valence-electron chi connectivity index (χ4n) is 0.907. The summed E-state index contributed by atoms with van der Waals surface area (Å²) in [5.41, 5.74) is 0. The standard InChI is InChI=1S/C10H24N2O4/c1-5-7-9-15-11(13-3)12(14-4)16-10-8-6-2/h5-10H2,1-4H3. The van der Waals surface area contributed by atoms with Crippen molar-refractivity contribution >= 4 is 0 Å². The Bertz CT molecular complexity index is 133. The Balaban J connectivity index is 3.85. The summed E-state index contributed by atoms with van der Waals surface area (Å²) in [6.07, 6.45) is 4.02. The highest BCUT2D eigenvalue weighted by atomic mass is 17.1. The van der Waals surface area contributed by atoms with E-state index in [4.69, 9.17) is 19.4 Å². The van der Waals surface area contributed by atoms with Crippen LogP contribution in [0.25, 0.3) is 0 Å². The fourth-order valence-corrected chi connectivity index (χ4v) is 0.907. The van der Waals surface area contributed by atoms with Gasteiger partial charge in [-0.05, 0) is 12.8 Å². The van der Waals surface area contributed by atoms with E-state index in [1.807, 2.05) is 0 Å². The van der Waals surface area contributed by atoms with E-state index in [9.17, 15) is 0 Å². The van der Waals surface area contributed by atoms with Crippen molar-refractivity contribution in [2.45, 2.75) is 39.5 Å². The molecule has 0 aliphatic rings. The van der Waals surface area contributed by atoms with Crippen LogP contribution >= 0.6 is 0 Å². The first-order valence-corrected chi connectivity index (χ1v) is 5.74. The molecule has 0 spiro atoms. The molecule has 0 aromatic heterocycles. The summed E-state index contributed by atoms with van der Waals surface area (Å²) in [4.78, 5) is 20.5. The minimum absolute atomic E-state index is 0.557. The molecule has 0 atom stereocenters. The van der Waals surface area contributed by atoms with Crippen molar-refractivity contribution in [3.63, 3.8) is 0 Å². The SMILES string of the molecule is CCCCON(OC)N(OC)OCCCC. The number of hydrazine groups is 1. The van der Waals surface area contributed by atoms with Crippen LogP contribution in [-0.2, 0) is 19.4 Å². The fraction of sp³-hybridized carbons (Fsp3) is 1.00. The van der Waals surface area contributed by atoms with Crippen molar-refractivity contribution < 1.29 is 19.4 Å². The summed E-state index contributed by atoms with van der Waals surface area (Å²) >= 11 is 0. The van der Waals surface area contributed by atoms with Gasteiger partial charge in [-0.2, -0.15) is 0 Å². The van der Waals surface area contributed by atoms with Crippen molar-refractivity contribution in [2.75, 3.05) is 27.4 Å². The second-order valence-corrected chi connectivity index (χ2v) is 3.21. The molecule has 6 nitrogen and oxygen atoms in total. The van der Waals surface area contributed by atoms with E-state index in [1.165, 1.54) is 14.2 Å². The maximum atomic E-state index is 5.30. The van der Waals surface area contributed by atoms with Crippen molar-refractivity contribution in [1.29, 1.82) is 0 Å². The van der Waals surface area contributed by atoms with E-state index >= 15 is 0 Å². The molecule has 0 amide bonds. The Kier molecular flexibility index (Phi) is 11.1. The first-order valence-electron chi connectivity index (χ1n) is 5.74. The van der Waals surface area contributed by atoms with Crippen LogP contribution in [0.1, 0.15) is 39.5 Å². The largest absolute Gasteiger partial charge is 0.260 e. The Morgan fingerprint density at radius 1 is 0.750 bits per heavy atom. The van der Waals surface area contributed by atoms with E-state index in [-0.39, 0.29) is 0 Å². The molecule has 0 heterocycles. The number of hydrogen-bond acceptors (Lipinski definition) is 6. The Morgan fingerprint density at radius 3 is 1.38 bits per heavy atom. The van der Waals surface area contributed by atoms with Gasteiger partial charge in [0.1, 0.15) is 0 Å². The van der Waals surface area contributed by atoms with E-state index in [1.54, 1.807) is 0 Å². The lowest BCUT2D eigenvalue weighted by Gasteiger charge is -2.27. The molecule has 0 saturated carbocycles. The average molecular weight is 236 g/mol. The molecule has 0 saturated heterocycles. The molecule has 6 heteroatoms. The van der Waals surface area contributed by atoms with Crippen molar-refractivity contribution in [1.82, 2.24) is 10.7 Å². The molecular formula is C10H24N2O4. The van der Waals surface area contributed by atoms with Crippen LogP contribution in [0.15, 0.2) is 0 Å². The predicted octanol–water partition coefficient (Wildman–Crippen LogP) is 2.09. The first-order chi connectivity index (χ1) is 7.79. The average Bonchev–Trinajstić information content (AvgIpc) is 2.31. The van der Waals surface area contributed by atoms with E-state index in [0.717, 1.165) is 36.4 Å². The number of rotatable bonds is 11. The third-order valence-corrected chi connectivity index (χ3v) is 1.84. The first kappa shape index (κ1) is 15.8. The Morgan fingerprint density at radius 2 is 1.12 bits per heavy atom. The van der Waals surface area contributed by atoms with E-state index in [2.05, 4.69) is 13.8 Å². The van der Waals surface area contributed by atoms with Gasteiger partial charge in [0, 0.05) is 0 Å². The monoisotopic (exact) mass is 236 g/mol. The van der Waals surface area contributed by atoms with Gasteiger partial charge in [-0.1, -0.05) is 26.7 Å². The second kappa shape index (κ2) is 11.3. The normalized spacial score (nSPS) is 11.6. The van der Waals surface area contributed by atoms with Crippen LogP contribution in [0.2, 0.25) is 0 Å². The lowest BCUT2D eigenvalue weighted by Crippen LogP contribution is -2.41. The van der Waals surface area contributed by atoms with E-state index in [0.29, 0.717) is 13.2 Å². The number of unbranched alkanes of at least 4 members (excludes halogenated alkanes) is 2. The van der Waals surface area contributed by atoms with Gasteiger partial charge in [-0.3, -0.25) is 19.4 Å². The smallest absolute Gasteiger partial charge is 0.0728 e. The molecule has 0 bridgehead atoms. The minimum Gasteiger partial charge on any atom is -0.260 e. The molecule has 16 heavy (non-hydrogen) atoms. The third kappa shape index (κ3) is 7.10. The van der Waals surface area contributed by atoms with Gasteiger partial charge in [0.2, 0.25) is 0 Å². The van der Waals surface area contributed by atoms with E-state index < -0.39 is 0 Å². The topological polar surface area (TPSA) is 43.4 Å². The van der Waals surface area contributed by atoms with Crippen LogP contribution in [0, 0.1) is 0 Å². The zero-order valence-electron chi connectivity index (χ0n) is 10.8. The van der Waals surface area contributed by atoms with Crippen LogP contribution < -0.4 is 0 Å². The zero-order valence-corrected chi connectivity index (χ0v) is 10.8. The maximum Gasteiger partial charge on any atom is 0.0728 e. The highest BCUT2D eigenvalue weighted by molar-refractivity contribution is 4.28. The van der Waals surface area contributed by atoms with Gasteiger partial charge in [0.05, 0.1) is 38.1 Å². The molecule has 0 unspecified atom stereocenters. The van der Waals surface area contributed by atoms with Gasteiger partial charge in [-0.15, -0.1) is 0 Å². The number of nitrogens with zero attached hydrogens (tertiary/aromatic N) is 2. The Labute approximate surface area is 97.8 Å². The molecule has 0 aliphatic heterocycles. The zero-order chi connectivity index (χ0) is 12.2. The molecule has 0 radical (unpaired) electrons. The summed E-state index contributed by atoms with van der Waals surface area (Å²) in [5.74, 6) is 0. The summed E-state index contributed by atoms with van der Waals surface area (Å²) in [6, 6.07) is 0. The molecule has 0 aliphatic carbocycles. The van der Waals surface area contributed by atoms with Crippen molar-refractivity contribution in [3.05, 3.63) is 0 Å². The molecular weight excluding hydrogens is 212 g/mol. The third-order valence-electron chi connectivity index (χ3n) is 1.84. The molecule has 98 valence electrons. The van der Waals surface area contributed by atoms with Gasteiger partial charge in [0.25, 0.3) is 0 Å². The maximum absolute atomic E-state index is 5.30. The van der Waals surface area contributed by atoms with Gasteiger partial charge >= 0.3 is 0 Å². The lowest BCUT2D eigenvalue weighted by molar-refractivity contribution is -0.609. The quantitative estimate of drug-likeness (QED) is 0.404. The van der Waals surface area contributed by atoms with Crippen LogP contribution in [-0.4, -0.2) is 38.1 Å². The summed E-state index contributed by atoms with van der Waals surface area (Å²) in [6.45, 7) is 5.29. The summed E-state index contributed by atoms with van der Waals surface area (Å²) in [5, 5.41) is 2.18. The van der Waals surface area contributed by atoms with Crippen molar-refractivity contribution in [2.24, 2.45) is 0 Å². The summed E-state index contributed by atoms with van der Waals surface area (Å²) in [7, 11) is 2.97. The number of hydrogen-bond donors (Lipinski definition) is 0. The predicted molar refractivity (Wildman–Crippen MR) is 59.4 cm³/mol. The minimum atomic E-state index is 0.557. The molecule has 0 N–H and O–H groups in total. The van der Waals surface area contributed by atoms with Crippen molar-refractivity contribution in [3.8, 4) is 0 Å². The lowest BCUT2D eigenvalue weighted by atomic mass is 10.4. The van der Waals surface area contributed by atoms with Gasteiger partial charge in [-0.25, -0.2) is 0 Å². The highest BCUT2D eigenvalue weighted by Crippen LogP contribution is 2.04. The molecule has 0 fully saturated rings.